The van der Waals surface area contributed by atoms with Crippen LogP contribution in [0.1, 0.15) is 12.0 Å². The van der Waals surface area contributed by atoms with E-state index >= 15 is 0 Å². The maximum Gasteiger partial charge on any atom is 0.323 e. The molecule has 6 nitrogen and oxygen atoms in total. The van der Waals surface area contributed by atoms with Crippen LogP contribution in [0.5, 0.6) is 0 Å². The van der Waals surface area contributed by atoms with E-state index in [1.807, 2.05) is 29.2 Å². The molecule has 3 heterocycles. The first-order valence-corrected chi connectivity index (χ1v) is 10.2. The highest BCUT2D eigenvalue weighted by molar-refractivity contribution is 5.92. The lowest BCUT2D eigenvalue weighted by Gasteiger charge is -2.31. The van der Waals surface area contributed by atoms with Gasteiger partial charge >= 0.3 is 6.03 Å². The summed E-state index contributed by atoms with van der Waals surface area (Å²) in [7, 11) is 0. The third-order valence-corrected chi connectivity index (χ3v) is 6.58. The molecule has 0 spiro atoms. The molecule has 1 saturated carbocycles. The Hall–Kier alpha value is -2.60. The fourth-order valence-electron chi connectivity index (χ4n) is 4.58. The number of amides is 2. The minimum absolute atomic E-state index is 0.0878. The summed E-state index contributed by atoms with van der Waals surface area (Å²) in [5.41, 5.74) is 9.58. The van der Waals surface area contributed by atoms with E-state index < -0.39 is 0 Å². The summed E-state index contributed by atoms with van der Waals surface area (Å²) in [5.74, 6) is 2.59. The third-order valence-electron chi connectivity index (χ3n) is 6.58. The number of nitrogens with zero attached hydrogens (tertiary/aromatic N) is 3. The van der Waals surface area contributed by atoms with Gasteiger partial charge in [0, 0.05) is 25.2 Å². The summed E-state index contributed by atoms with van der Waals surface area (Å²) in [6.45, 7) is 7.49. The number of likely N-dealkylation sites (tertiary alicyclic amines) is 2. The average Bonchev–Trinajstić information content (AvgIpc) is 3.08. The van der Waals surface area contributed by atoms with Crippen LogP contribution in [0.25, 0.3) is 11.3 Å². The van der Waals surface area contributed by atoms with Crippen molar-refractivity contribution in [1.82, 2.24) is 14.8 Å². The normalized spacial score (nSPS) is 25.9. The van der Waals surface area contributed by atoms with Crippen molar-refractivity contribution in [1.29, 1.82) is 0 Å². The van der Waals surface area contributed by atoms with E-state index in [1.54, 1.807) is 0 Å². The van der Waals surface area contributed by atoms with Gasteiger partial charge in [0.1, 0.15) is 0 Å². The van der Waals surface area contributed by atoms with Crippen molar-refractivity contribution in [3.63, 3.8) is 0 Å². The molecule has 6 heteroatoms. The van der Waals surface area contributed by atoms with Crippen LogP contribution in [-0.4, -0.2) is 53.5 Å². The number of anilines is 2. The Bertz CT molecular complexity index is 880. The zero-order chi connectivity index (χ0) is 19.3. The highest BCUT2D eigenvalue weighted by atomic mass is 16.2. The monoisotopic (exact) mass is 377 g/mol. The summed E-state index contributed by atoms with van der Waals surface area (Å²) in [5, 5.41) is 2.93. The third kappa shape index (κ3) is 3.22. The van der Waals surface area contributed by atoms with Gasteiger partial charge in [0.2, 0.25) is 0 Å². The second kappa shape index (κ2) is 6.78. The average molecular weight is 377 g/mol. The number of fused-ring (bicyclic) bond motifs is 1. The zero-order valence-electron chi connectivity index (χ0n) is 16.3. The smallest absolute Gasteiger partial charge is 0.323 e. The van der Waals surface area contributed by atoms with Gasteiger partial charge in [-0.15, -0.1) is 0 Å². The zero-order valence-corrected chi connectivity index (χ0v) is 16.3. The number of nitrogens with one attached hydrogen (secondary N) is 1. The van der Waals surface area contributed by atoms with E-state index in [4.69, 9.17) is 5.73 Å². The molecular formula is C22H27N5O. The Morgan fingerprint density at radius 3 is 2.50 bits per heavy atom. The minimum atomic E-state index is -0.0878. The van der Waals surface area contributed by atoms with E-state index in [-0.39, 0.29) is 6.03 Å². The van der Waals surface area contributed by atoms with Crippen LogP contribution in [-0.2, 0) is 0 Å². The van der Waals surface area contributed by atoms with Gasteiger partial charge in [-0.05, 0) is 56.3 Å². The highest BCUT2D eigenvalue weighted by Crippen LogP contribution is 2.52. The summed E-state index contributed by atoms with van der Waals surface area (Å²) < 4.78 is 0. The number of carbonyl (C=O) groups excluding carboxylic acids is 1. The van der Waals surface area contributed by atoms with Gasteiger partial charge in [-0.2, -0.15) is 0 Å². The Balaban J connectivity index is 1.22. The summed E-state index contributed by atoms with van der Waals surface area (Å²) in [6, 6.07) is 11.8. The number of hydrogen-bond acceptors (Lipinski definition) is 4. The van der Waals surface area contributed by atoms with E-state index in [0.717, 1.165) is 30.3 Å². The summed E-state index contributed by atoms with van der Waals surface area (Å²) in [6.07, 6.45) is 1.34. The van der Waals surface area contributed by atoms with Crippen LogP contribution in [0.3, 0.4) is 0 Å². The number of benzene rings is 1. The van der Waals surface area contributed by atoms with E-state index in [0.29, 0.717) is 23.3 Å². The Kier molecular flexibility index (Phi) is 4.23. The van der Waals surface area contributed by atoms with Gasteiger partial charge in [0.15, 0.2) is 5.82 Å². The second-order valence-electron chi connectivity index (χ2n) is 8.48. The van der Waals surface area contributed by atoms with Gasteiger partial charge in [0.05, 0.1) is 11.4 Å². The van der Waals surface area contributed by atoms with Crippen molar-refractivity contribution < 1.29 is 4.79 Å². The van der Waals surface area contributed by atoms with Crippen LogP contribution >= 0.6 is 0 Å². The quantitative estimate of drug-likeness (QED) is 0.859. The van der Waals surface area contributed by atoms with Gasteiger partial charge in [0.25, 0.3) is 0 Å². The Labute approximate surface area is 165 Å². The predicted octanol–water partition coefficient (Wildman–Crippen LogP) is 3.05. The number of hydrogen-bond donors (Lipinski definition) is 2. The van der Waals surface area contributed by atoms with Crippen LogP contribution in [0, 0.1) is 24.7 Å². The molecule has 2 saturated heterocycles. The number of nitrogens with two attached hydrogens (primary N) is 1. The van der Waals surface area contributed by atoms with Crippen molar-refractivity contribution in [3.8, 4) is 11.3 Å². The van der Waals surface area contributed by atoms with Crippen LogP contribution in [0.4, 0.5) is 16.3 Å². The Morgan fingerprint density at radius 2 is 1.86 bits per heavy atom. The van der Waals surface area contributed by atoms with Crippen LogP contribution in [0.2, 0.25) is 0 Å². The van der Waals surface area contributed by atoms with Crippen LogP contribution < -0.4 is 11.1 Å². The minimum Gasteiger partial charge on any atom is -0.396 e. The fourth-order valence-corrected chi connectivity index (χ4v) is 4.58. The number of carbonyl (C=O) groups is 1. The molecule has 2 amide bonds. The number of aryl methyl sites for hydroxylation is 1. The summed E-state index contributed by atoms with van der Waals surface area (Å²) in [4.78, 5) is 21.8. The topological polar surface area (TPSA) is 74.5 Å². The lowest BCUT2D eigenvalue weighted by Crippen LogP contribution is -2.41. The number of rotatable bonds is 4. The molecule has 2 aromatic rings. The molecule has 3 N–H and O–H groups in total. The molecule has 1 aliphatic carbocycles. The van der Waals surface area contributed by atoms with Crippen LogP contribution in [0.15, 0.2) is 36.4 Å². The van der Waals surface area contributed by atoms with Crippen molar-refractivity contribution in [2.75, 3.05) is 43.8 Å². The molecular weight excluding hydrogens is 350 g/mol. The first-order valence-electron chi connectivity index (χ1n) is 10.2. The van der Waals surface area contributed by atoms with Crippen molar-refractivity contribution in [2.24, 2.45) is 17.8 Å². The standard InChI is InChI=1S/C22H27N5O/c1-14-3-5-15(6-4-14)20-8-7-19(23)21(24-20)25-22(28)27-12-17-16(18(17)13-27)11-26-9-2-10-26/h3-8,16-18H,2,9-13,23H2,1H3,(H,24,25,28)/t16?,17-,18+. The predicted molar refractivity (Wildman–Crippen MR) is 111 cm³/mol. The molecule has 146 valence electrons. The number of urea groups is 1. The van der Waals surface area contributed by atoms with Gasteiger partial charge in [-0.25, -0.2) is 9.78 Å². The molecule has 5 rings (SSSR count). The summed E-state index contributed by atoms with van der Waals surface area (Å²) >= 11 is 0. The van der Waals surface area contributed by atoms with Gasteiger partial charge < -0.3 is 15.5 Å². The van der Waals surface area contributed by atoms with E-state index in [1.165, 1.54) is 31.6 Å². The molecule has 3 fully saturated rings. The number of aromatic nitrogens is 1. The van der Waals surface area contributed by atoms with E-state index in [2.05, 4.69) is 34.3 Å². The first kappa shape index (κ1) is 17.5. The molecule has 0 radical (unpaired) electrons. The molecule has 1 unspecified atom stereocenters. The van der Waals surface area contributed by atoms with Gasteiger partial charge in [-0.3, -0.25) is 5.32 Å². The molecule has 3 atom stereocenters. The van der Waals surface area contributed by atoms with E-state index in [9.17, 15) is 4.79 Å². The van der Waals surface area contributed by atoms with Crippen molar-refractivity contribution in [3.05, 3.63) is 42.0 Å². The molecule has 1 aromatic heterocycles. The molecule has 0 bridgehead atoms. The molecule has 28 heavy (non-hydrogen) atoms. The molecule has 1 aromatic carbocycles. The highest BCUT2D eigenvalue weighted by Gasteiger charge is 2.56. The maximum absolute atomic E-state index is 12.7. The number of piperidine rings is 1. The number of nitrogen functional groups attached to an aromatic ring is 1. The maximum atomic E-state index is 12.7. The van der Waals surface area contributed by atoms with Crippen molar-refractivity contribution in [2.45, 2.75) is 13.3 Å². The van der Waals surface area contributed by atoms with Gasteiger partial charge in [-0.1, -0.05) is 29.8 Å². The molecule has 2 aliphatic heterocycles. The SMILES string of the molecule is Cc1ccc(-c2ccc(N)c(NC(=O)N3C[C@@H]4C(CN5CCC5)[C@@H]4C3)n2)cc1. The van der Waals surface area contributed by atoms with Crippen molar-refractivity contribution >= 4 is 17.5 Å². The molecule has 3 aliphatic rings. The first-order chi connectivity index (χ1) is 13.6. The lowest BCUT2D eigenvalue weighted by atomic mass is 10.1. The fraction of sp³-hybridized carbons (Fsp3) is 0.455. The largest absolute Gasteiger partial charge is 0.396 e. The Morgan fingerprint density at radius 1 is 1.14 bits per heavy atom. The number of pyridine rings is 1. The second-order valence-corrected chi connectivity index (χ2v) is 8.48. The lowest BCUT2D eigenvalue weighted by molar-refractivity contribution is 0.159.